The predicted octanol–water partition coefficient (Wildman–Crippen LogP) is 2.30. The molecule has 1 aromatic rings. The molecule has 1 atom stereocenters. The highest BCUT2D eigenvalue weighted by molar-refractivity contribution is 6.00. The Balaban J connectivity index is 1.32. The summed E-state index contributed by atoms with van der Waals surface area (Å²) in [6, 6.07) is 7.36. The molecule has 0 N–H and O–H groups in total. The number of carbonyl (C=O) groups is 3. The lowest BCUT2D eigenvalue weighted by Gasteiger charge is -2.38. The molecule has 0 aromatic heterocycles. The quantitative estimate of drug-likeness (QED) is 0.760. The minimum absolute atomic E-state index is 0.0264. The van der Waals surface area contributed by atoms with Crippen molar-refractivity contribution in [3.05, 3.63) is 24.3 Å². The van der Waals surface area contributed by atoms with Gasteiger partial charge in [0.15, 0.2) is 0 Å². The summed E-state index contributed by atoms with van der Waals surface area (Å²) in [4.78, 5) is 43.8. The fourth-order valence-corrected chi connectivity index (χ4v) is 4.91. The number of carbonyl (C=O) groups excluding carboxylic acids is 3. The van der Waals surface area contributed by atoms with Gasteiger partial charge in [-0.1, -0.05) is 25.3 Å². The molecule has 2 heterocycles. The van der Waals surface area contributed by atoms with E-state index >= 15 is 0 Å². The molecular weight excluding hydrogens is 382 g/mol. The number of methoxy groups -OCH3 is 1. The Morgan fingerprint density at radius 2 is 1.57 bits per heavy atom. The van der Waals surface area contributed by atoms with Gasteiger partial charge in [-0.05, 0) is 25.0 Å². The van der Waals surface area contributed by atoms with Crippen molar-refractivity contribution < 1.29 is 19.1 Å². The van der Waals surface area contributed by atoms with Crippen LogP contribution in [0.4, 0.5) is 5.69 Å². The number of piperazine rings is 1. The number of amides is 3. The SMILES string of the molecule is COc1cccc(N2C[C@H](C(=O)N3CCN(C(=O)C4CCCCC4)CC3)CC2=O)c1. The Kier molecular flexibility index (Phi) is 6.25. The van der Waals surface area contributed by atoms with Crippen molar-refractivity contribution in [2.45, 2.75) is 38.5 Å². The smallest absolute Gasteiger partial charge is 0.228 e. The van der Waals surface area contributed by atoms with Gasteiger partial charge in [-0.15, -0.1) is 0 Å². The molecule has 30 heavy (non-hydrogen) atoms. The molecule has 3 fully saturated rings. The van der Waals surface area contributed by atoms with Crippen LogP contribution in [-0.4, -0.2) is 67.4 Å². The van der Waals surface area contributed by atoms with Crippen LogP contribution < -0.4 is 9.64 Å². The maximum Gasteiger partial charge on any atom is 0.228 e. The normalized spacial score (nSPS) is 23.0. The third kappa shape index (κ3) is 4.30. The maximum atomic E-state index is 13.0. The van der Waals surface area contributed by atoms with Crippen LogP contribution in [0.15, 0.2) is 24.3 Å². The maximum absolute atomic E-state index is 13.0. The average Bonchev–Trinajstić information content (AvgIpc) is 3.20. The molecule has 0 unspecified atom stereocenters. The van der Waals surface area contributed by atoms with Crippen LogP contribution >= 0.6 is 0 Å². The number of benzene rings is 1. The molecule has 1 aromatic carbocycles. The molecule has 7 nitrogen and oxygen atoms in total. The fraction of sp³-hybridized carbons (Fsp3) is 0.609. The van der Waals surface area contributed by atoms with Crippen molar-refractivity contribution in [1.82, 2.24) is 9.80 Å². The van der Waals surface area contributed by atoms with E-state index in [0.29, 0.717) is 38.5 Å². The second-order valence-corrected chi connectivity index (χ2v) is 8.59. The summed E-state index contributed by atoms with van der Waals surface area (Å²) in [7, 11) is 1.59. The highest BCUT2D eigenvalue weighted by Crippen LogP contribution is 2.29. The Hall–Kier alpha value is -2.57. The van der Waals surface area contributed by atoms with Crippen LogP contribution in [0, 0.1) is 11.8 Å². The van der Waals surface area contributed by atoms with Gasteiger partial charge in [0.2, 0.25) is 17.7 Å². The first-order valence-corrected chi connectivity index (χ1v) is 11.1. The summed E-state index contributed by atoms with van der Waals surface area (Å²) < 4.78 is 5.25. The highest BCUT2D eigenvalue weighted by atomic mass is 16.5. The zero-order valence-electron chi connectivity index (χ0n) is 17.7. The van der Waals surface area contributed by atoms with Gasteiger partial charge in [0.25, 0.3) is 0 Å². The van der Waals surface area contributed by atoms with Gasteiger partial charge in [0.05, 0.1) is 13.0 Å². The monoisotopic (exact) mass is 413 g/mol. The van der Waals surface area contributed by atoms with Crippen LogP contribution in [-0.2, 0) is 14.4 Å². The molecule has 162 valence electrons. The Labute approximate surface area is 177 Å². The Morgan fingerprint density at radius 1 is 0.933 bits per heavy atom. The lowest BCUT2D eigenvalue weighted by atomic mass is 9.88. The van der Waals surface area contributed by atoms with Gasteiger partial charge in [-0.25, -0.2) is 0 Å². The van der Waals surface area contributed by atoms with E-state index in [1.165, 1.54) is 6.42 Å². The van der Waals surface area contributed by atoms with Crippen LogP contribution in [0.25, 0.3) is 0 Å². The van der Waals surface area contributed by atoms with E-state index in [0.717, 1.165) is 31.4 Å². The fourth-order valence-electron chi connectivity index (χ4n) is 4.91. The van der Waals surface area contributed by atoms with E-state index in [1.54, 1.807) is 12.0 Å². The molecule has 2 aliphatic heterocycles. The molecule has 3 aliphatic rings. The molecule has 1 saturated carbocycles. The minimum atomic E-state index is -0.329. The minimum Gasteiger partial charge on any atom is -0.497 e. The van der Waals surface area contributed by atoms with E-state index in [4.69, 9.17) is 4.74 Å². The number of ether oxygens (including phenoxy) is 1. The van der Waals surface area contributed by atoms with Crippen molar-refractivity contribution in [1.29, 1.82) is 0 Å². The number of hydrogen-bond donors (Lipinski definition) is 0. The molecular formula is C23H31N3O4. The zero-order chi connectivity index (χ0) is 21.1. The summed E-state index contributed by atoms with van der Waals surface area (Å²) in [5.74, 6) is 0.788. The van der Waals surface area contributed by atoms with Crippen molar-refractivity contribution in [2.24, 2.45) is 11.8 Å². The van der Waals surface area contributed by atoms with Gasteiger partial charge in [0.1, 0.15) is 5.75 Å². The van der Waals surface area contributed by atoms with Gasteiger partial charge in [-0.3, -0.25) is 14.4 Å². The summed E-state index contributed by atoms with van der Waals surface area (Å²) in [5, 5.41) is 0. The van der Waals surface area contributed by atoms with Crippen molar-refractivity contribution in [3.63, 3.8) is 0 Å². The Morgan fingerprint density at radius 3 is 2.20 bits per heavy atom. The number of nitrogens with zero attached hydrogens (tertiary/aromatic N) is 3. The molecule has 0 spiro atoms. The molecule has 0 bridgehead atoms. The Bertz CT molecular complexity index is 797. The van der Waals surface area contributed by atoms with Crippen LogP contribution in [0.1, 0.15) is 38.5 Å². The lowest BCUT2D eigenvalue weighted by Crippen LogP contribution is -2.53. The average molecular weight is 414 g/mol. The van der Waals surface area contributed by atoms with E-state index in [1.807, 2.05) is 34.1 Å². The molecule has 1 aliphatic carbocycles. The van der Waals surface area contributed by atoms with Gasteiger partial charge < -0.3 is 19.4 Å². The van der Waals surface area contributed by atoms with Crippen LogP contribution in [0.5, 0.6) is 5.75 Å². The van der Waals surface area contributed by atoms with Crippen molar-refractivity contribution in [3.8, 4) is 5.75 Å². The summed E-state index contributed by atoms with van der Waals surface area (Å²) in [6.45, 7) is 2.71. The molecule has 4 rings (SSSR count). The third-order valence-corrected chi connectivity index (χ3v) is 6.70. The standard InChI is InChI=1S/C23H31N3O4/c1-30-20-9-5-8-19(15-20)26-16-18(14-21(26)27)23(29)25-12-10-24(11-13-25)22(28)17-6-3-2-4-7-17/h5,8-9,15,17-18H,2-4,6-7,10-14,16H2,1H3/t18-/m1/s1. The van der Waals surface area contributed by atoms with Crippen LogP contribution in [0.2, 0.25) is 0 Å². The second-order valence-electron chi connectivity index (χ2n) is 8.59. The largest absolute Gasteiger partial charge is 0.497 e. The summed E-state index contributed by atoms with van der Waals surface area (Å²) >= 11 is 0. The molecule has 3 amide bonds. The first-order valence-electron chi connectivity index (χ1n) is 11.1. The number of rotatable bonds is 4. The van der Waals surface area contributed by atoms with Crippen molar-refractivity contribution >= 4 is 23.4 Å². The van der Waals surface area contributed by atoms with E-state index in [9.17, 15) is 14.4 Å². The number of hydrogen-bond acceptors (Lipinski definition) is 4. The molecule has 2 saturated heterocycles. The molecule has 0 radical (unpaired) electrons. The highest BCUT2D eigenvalue weighted by Gasteiger charge is 2.38. The van der Waals surface area contributed by atoms with Gasteiger partial charge in [-0.2, -0.15) is 0 Å². The lowest BCUT2D eigenvalue weighted by molar-refractivity contribution is -0.144. The van der Waals surface area contributed by atoms with Crippen LogP contribution in [0.3, 0.4) is 0 Å². The van der Waals surface area contributed by atoms with Gasteiger partial charge >= 0.3 is 0 Å². The second kappa shape index (κ2) is 9.06. The predicted molar refractivity (Wildman–Crippen MR) is 113 cm³/mol. The van der Waals surface area contributed by atoms with Gasteiger partial charge in [0, 0.05) is 56.8 Å². The molecule has 7 heteroatoms. The van der Waals surface area contributed by atoms with Crippen molar-refractivity contribution in [2.75, 3.05) is 44.7 Å². The van der Waals surface area contributed by atoms with E-state index < -0.39 is 0 Å². The van der Waals surface area contributed by atoms with E-state index in [2.05, 4.69) is 0 Å². The topological polar surface area (TPSA) is 70.2 Å². The summed E-state index contributed by atoms with van der Waals surface area (Å²) in [6.07, 6.45) is 5.77. The third-order valence-electron chi connectivity index (χ3n) is 6.70. The van der Waals surface area contributed by atoms with E-state index in [-0.39, 0.29) is 36.0 Å². The first-order chi connectivity index (χ1) is 14.6. The summed E-state index contributed by atoms with van der Waals surface area (Å²) in [5.41, 5.74) is 0.762. The zero-order valence-corrected chi connectivity index (χ0v) is 17.7. The first kappa shape index (κ1) is 20.7. The number of anilines is 1.